The van der Waals surface area contributed by atoms with Gasteiger partial charge >= 0.3 is 0 Å². The van der Waals surface area contributed by atoms with E-state index in [0.29, 0.717) is 5.16 Å². The highest BCUT2D eigenvalue weighted by molar-refractivity contribution is 7.99. The third-order valence-corrected chi connectivity index (χ3v) is 7.67. The number of nitrogens with zero attached hydrogens (tertiary/aromatic N) is 3. The predicted molar refractivity (Wildman–Crippen MR) is 118 cm³/mol. The van der Waals surface area contributed by atoms with Crippen LogP contribution in [0.2, 0.25) is 0 Å². The molecule has 0 saturated heterocycles. The molecule has 1 aliphatic carbocycles. The normalized spacial score (nSPS) is 14.8. The van der Waals surface area contributed by atoms with Gasteiger partial charge in [0.25, 0.3) is 5.56 Å². The summed E-state index contributed by atoms with van der Waals surface area (Å²) in [6.45, 7) is 7.74. The van der Waals surface area contributed by atoms with E-state index in [0.717, 1.165) is 63.4 Å². The van der Waals surface area contributed by atoms with Crippen LogP contribution in [0.25, 0.3) is 10.2 Å². The van der Waals surface area contributed by atoms with Gasteiger partial charge in [-0.1, -0.05) is 24.6 Å². The number of rotatable bonds is 5. The lowest BCUT2D eigenvalue weighted by Gasteiger charge is -2.18. The fourth-order valence-corrected chi connectivity index (χ4v) is 5.85. The summed E-state index contributed by atoms with van der Waals surface area (Å²) in [6.07, 6.45) is 4.23. The molecule has 0 aliphatic heterocycles. The zero-order valence-electron chi connectivity index (χ0n) is 17.1. The summed E-state index contributed by atoms with van der Waals surface area (Å²) in [7, 11) is 0. The van der Waals surface area contributed by atoms with Gasteiger partial charge in [-0.3, -0.25) is 19.3 Å². The van der Waals surface area contributed by atoms with Gasteiger partial charge in [-0.25, -0.2) is 4.98 Å². The van der Waals surface area contributed by atoms with Crippen LogP contribution in [0.15, 0.2) is 9.95 Å². The Bertz CT molecular complexity index is 1120. The number of carbonyl (C=O) groups excluding carboxylic acids is 1. The Morgan fingerprint density at radius 1 is 1.28 bits per heavy atom. The predicted octanol–water partition coefficient (Wildman–Crippen LogP) is 4.26. The van der Waals surface area contributed by atoms with E-state index in [9.17, 15) is 9.59 Å². The Morgan fingerprint density at radius 2 is 2.00 bits per heavy atom. The van der Waals surface area contributed by atoms with Crippen molar-refractivity contribution < 1.29 is 4.79 Å². The zero-order chi connectivity index (χ0) is 20.7. The molecular formula is C20H25N5O2S2. The summed E-state index contributed by atoms with van der Waals surface area (Å²) in [5, 5.41) is 11.3. The van der Waals surface area contributed by atoms with Crippen LogP contribution in [0.4, 0.5) is 5.69 Å². The van der Waals surface area contributed by atoms with Gasteiger partial charge in [-0.2, -0.15) is 5.10 Å². The fourth-order valence-electron chi connectivity index (χ4n) is 3.91. The van der Waals surface area contributed by atoms with Crippen LogP contribution in [0.5, 0.6) is 0 Å². The number of aryl methyl sites for hydroxylation is 4. The maximum absolute atomic E-state index is 13.4. The number of anilines is 1. The molecule has 1 saturated carbocycles. The van der Waals surface area contributed by atoms with E-state index < -0.39 is 0 Å². The Labute approximate surface area is 177 Å². The van der Waals surface area contributed by atoms with Gasteiger partial charge in [0.1, 0.15) is 4.83 Å². The molecule has 2 N–H and O–H groups in total. The summed E-state index contributed by atoms with van der Waals surface area (Å²) in [4.78, 5) is 32.6. The molecular weight excluding hydrogens is 406 g/mol. The number of carbonyl (C=O) groups is 1. The monoisotopic (exact) mass is 431 g/mol. The first-order chi connectivity index (χ1) is 13.9. The first-order valence-corrected chi connectivity index (χ1v) is 11.6. The van der Waals surface area contributed by atoms with Crippen molar-refractivity contribution in [3.8, 4) is 0 Å². The van der Waals surface area contributed by atoms with Gasteiger partial charge < -0.3 is 5.32 Å². The maximum Gasteiger partial charge on any atom is 0.263 e. The lowest BCUT2D eigenvalue weighted by molar-refractivity contribution is -0.113. The number of fused-ring (bicyclic) bond motifs is 1. The lowest BCUT2D eigenvalue weighted by atomic mass is 10.2. The molecule has 3 heterocycles. The van der Waals surface area contributed by atoms with Crippen LogP contribution >= 0.6 is 23.1 Å². The number of thiophene rings is 1. The van der Waals surface area contributed by atoms with E-state index in [4.69, 9.17) is 4.98 Å². The largest absolute Gasteiger partial charge is 0.322 e. The number of hydrogen-bond donors (Lipinski definition) is 2. The molecule has 0 radical (unpaired) electrons. The number of nitrogens with one attached hydrogen (secondary N) is 2. The second-order valence-electron chi connectivity index (χ2n) is 7.62. The van der Waals surface area contributed by atoms with Crippen molar-refractivity contribution in [1.82, 2.24) is 19.7 Å². The van der Waals surface area contributed by atoms with Crippen molar-refractivity contribution in [2.45, 2.75) is 64.6 Å². The van der Waals surface area contributed by atoms with E-state index in [1.807, 2.05) is 32.3 Å². The molecule has 154 valence electrons. The minimum atomic E-state index is -0.131. The average Bonchev–Trinajstić information content (AvgIpc) is 3.38. The van der Waals surface area contributed by atoms with Crippen LogP contribution in [0.3, 0.4) is 0 Å². The zero-order valence-corrected chi connectivity index (χ0v) is 18.7. The molecule has 0 unspecified atom stereocenters. The Balaban J connectivity index is 1.64. The summed E-state index contributed by atoms with van der Waals surface area (Å²) in [6, 6.07) is 0.169. The number of H-pyrrole nitrogens is 1. The van der Waals surface area contributed by atoms with Crippen molar-refractivity contribution in [3.05, 3.63) is 32.2 Å². The summed E-state index contributed by atoms with van der Waals surface area (Å²) in [5.41, 5.74) is 3.36. The minimum Gasteiger partial charge on any atom is -0.322 e. The van der Waals surface area contributed by atoms with Crippen molar-refractivity contribution in [2.75, 3.05) is 11.1 Å². The summed E-state index contributed by atoms with van der Waals surface area (Å²) >= 11 is 2.89. The summed E-state index contributed by atoms with van der Waals surface area (Å²) < 4.78 is 1.85. The molecule has 0 aromatic carbocycles. The number of hydrogen-bond acceptors (Lipinski definition) is 6. The average molecular weight is 432 g/mol. The van der Waals surface area contributed by atoms with E-state index in [2.05, 4.69) is 15.5 Å². The molecule has 0 atom stereocenters. The third-order valence-electron chi connectivity index (χ3n) is 5.62. The number of aromatic amines is 1. The first-order valence-electron chi connectivity index (χ1n) is 9.83. The quantitative estimate of drug-likeness (QED) is 0.465. The van der Waals surface area contributed by atoms with Gasteiger partial charge in [0.2, 0.25) is 5.91 Å². The Hall–Kier alpha value is -2.13. The molecule has 0 bridgehead atoms. The standard InChI is InChI=1S/C20H25N5O2S2/c1-10-13(4)29-18-16(10)19(27)25(14-7-5-6-8-14)20(22-18)28-9-15(26)21-17-11(2)23-24-12(17)3/h14H,5-9H2,1-4H3,(H,21,26)(H,23,24). The van der Waals surface area contributed by atoms with Crippen LogP contribution in [-0.4, -0.2) is 31.4 Å². The lowest BCUT2D eigenvalue weighted by Crippen LogP contribution is -2.27. The third kappa shape index (κ3) is 3.73. The fraction of sp³-hybridized carbons (Fsp3) is 0.500. The van der Waals surface area contributed by atoms with Crippen molar-refractivity contribution in [1.29, 1.82) is 0 Å². The highest BCUT2D eigenvalue weighted by Crippen LogP contribution is 2.34. The number of thioether (sulfide) groups is 1. The second-order valence-corrected chi connectivity index (χ2v) is 9.76. The van der Waals surface area contributed by atoms with Crippen LogP contribution in [-0.2, 0) is 4.79 Å². The Kier molecular flexibility index (Phi) is 5.52. The minimum absolute atomic E-state index is 0.0354. The topological polar surface area (TPSA) is 92.7 Å². The van der Waals surface area contributed by atoms with Crippen molar-refractivity contribution >= 4 is 44.9 Å². The SMILES string of the molecule is Cc1n[nH]c(C)c1NC(=O)CSc1nc2sc(C)c(C)c2c(=O)n1C1CCCC1. The molecule has 29 heavy (non-hydrogen) atoms. The van der Waals surface area contributed by atoms with Gasteiger partial charge in [-0.15, -0.1) is 11.3 Å². The van der Waals surface area contributed by atoms with Gasteiger partial charge in [0.15, 0.2) is 5.16 Å². The van der Waals surface area contributed by atoms with Crippen LogP contribution in [0, 0.1) is 27.7 Å². The molecule has 1 aliphatic rings. The van der Waals surface area contributed by atoms with Gasteiger partial charge in [0, 0.05) is 10.9 Å². The first kappa shape index (κ1) is 20.2. The molecule has 9 heteroatoms. The maximum atomic E-state index is 13.4. The van der Waals surface area contributed by atoms with E-state index in [-0.39, 0.29) is 23.3 Å². The van der Waals surface area contributed by atoms with Gasteiger partial charge in [-0.05, 0) is 46.1 Å². The molecule has 4 rings (SSSR count). The van der Waals surface area contributed by atoms with Crippen LogP contribution < -0.4 is 10.9 Å². The van der Waals surface area contributed by atoms with E-state index in [1.165, 1.54) is 11.8 Å². The number of aromatic nitrogens is 4. The van der Waals surface area contributed by atoms with Crippen LogP contribution in [0.1, 0.15) is 53.6 Å². The van der Waals surface area contributed by atoms with Crippen molar-refractivity contribution in [2.24, 2.45) is 0 Å². The van der Waals surface area contributed by atoms with Crippen molar-refractivity contribution in [3.63, 3.8) is 0 Å². The smallest absolute Gasteiger partial charge is 0.263 e. The highest BCUT2D eigenvalue weighted by atomic mass is 32.2. The molecule has 0 spiro atoms. The van der Waals surface area contributed by atoms with Gasteiger partial charge in [0.05, 0.1) is 28.2 Å². The molecule has 3 aromatic heterocycles. The molecule has 3 aromatic rings. The molecule has 7 nitrogen and oxygen atoms in total. The highest BCUT2D eigenvalue weighted by Gasteiger charge is 2.25. The summed E-state index contributed by atoms with van der Waals surface area (Å²) in [5.74, 6) is 0.0615. The van der Waals surface area contributed by atoms with E-state index >= 15 is 0 Å². The number of amides is 1. The molecule has 1 fully saturated rings. The van der Waals surface area contributed by atoms with E-state index in [1.54, 1.807) is 11.3 Å². The molecule has 1 amide bonds. The second kappa shape index (κ2) is 7.95. The Morgan fingerprint density at radius 3 is 2.66 bits per heavy atom.